The second-order valence-electron chi connectivity index (χ2n) is 3.94. The van der Waals surface area contributed by atoms with Crippen molar-refractivity contribution >= 4 is 11.6 Å². The Bertz CT molecular complexity index is 709. The van der Waals surface area contributed by atoms with Crippen LogP contribution in [-0.2, 0) is 0 Å². The fourth-order valence-corrected chi connectivity index (χ4v) is 2.00. The van der Waals surface area contributed by atoms with Crippen LogP contribution in [0.25, 0.3) is 22.5 Å². The predicted molar refractivity (Wildman–Crippen MR) is 70.1 cm³/mol. The van der Waals surface area contributed by atoms with Crippen LogP contribution in [0, 0.1) is 5.82 Å². The van der Waals surface area contributed by atoms with Crippen molar-refractivity contribution < 1.29 is 8.91 Å². The number of halogens is 2. The third kappa shape index (κ3) is 2.35. The van der Waals surface area contributed by atoms with E-state index in [4.69, 9.17) is 16.1 Å². The van der Waals surface area contributed by atoms with Gasteiger partial charge in [0.1, 0.15) is 11.0 Å². The standard InChI is InChI=1S/C14H8ClFN2O/c15-13-7-10(5-6-17-13)12-8-18-19-14(12)9-1-3-11(16)4-2-9/h1-8H. The van der Waals surface area contributed by atoms with Crippen LogP contribution >= 0.6 is 11.6 Å². The molecule has 2 aromatic heterocycles. The second-order valence-corrected chi connectivity index (χ2v) is 4.33. The third-order valence-electron chi connectivity index (χ3n) is 2.71. The summed E-state index contributed by atoms with van der Waals surface area (Å²) in [5.74, 6) is 0.277. The largest absolute Gasteiger partial charge is 0.356 e. The first-order chi connectivity index (χ1) is 9.24. The second kappa shape index (κ2) is 4.82. The summed E-state index contributed by atoms with van der Waals surface area (Å²) >= 11 is 5.87. The lowest BCUT2D eigenvalue weighted by Gasteiger charge is -2.02. The number of aromatic nitrogens is 2. The van der Waals surface area contributed by atoms with Crippen molar-refractivity contribution in [2.24, 2.45) is 0 Å². The lowest BCUT2D eigenvalue weighted by Crippen LogP contribution is -1.82. The van der Waals surface area contributed by atoms with E-state index in [1.165, 1.54) is 12.1 Å². The van der Waals surface area contributed by atoms with E-state index in [9.17, 15) is 4.39 Å². The van der Waals surface area contributed by atoms with E-state index < -0.39 is 0 Å². The molecule has 0 atom stereocenters. The average molecular weight is 275 g/mol. The molecule has 0 fully saturated rings. The Kier molecular flexibility index (Phi) is 3.01. The minimum atomic E-state index is -0.295. The summed E-state index contributed by atoms with van der Waals surface area (Å²) in [4.78, 5) is 3.93. The number of nitrogens with zero attached hydrogens (tertiary/aromatic N) is 2. The van der Waals surface area contributed by atoms with Crippen LogP contribution in [0.4, 0.5) is 4.39 Å². The Labute approximate surface area is 113 Å². The van der Waals surface area contributed by atoms with Gasteiger partial charge in [0.25, 0.3) is 0 Å². The van der Waals surface area contributed by atoms with Crippen LogP contribution in [-0.4, -0.2) is 10.1 Å². The van der Waals surface area contributed by atoms with Crippen molar-refractivity contribution in [1.29, 1.82) is 0 Å². The number of pyridine rings is 1. The normalized spacial score (nSPS) is 10.6. The molecule has 0 aliphatic heterocycles. The van der Waals surface area contributed by atoms with Gasteiger partial charge in [0.05, 0.1) is 6.20 Å². The zero-order valence-electron chi connectivity index (χ0n) is 9.68. The van der Waals surface area contributed by atoms with Gasteiger partial charge in [0.2, 0.25) is 0 Å². The number of hydrogen-bond acceptors (Lipinski definition) is 3. The molecule has 0 aliphatic carbocycles. The van der Waals surface area contributed by atoms with Gasteiger partial charge in [0.15, 0.2) is 5.76 Å². The van der Waals surface area contributed by atoms with Crippen molar-refractivity contribution in [2.45, 2.75) is 0 Å². The van der Waals surface area contributed by atoms with Crippen molar-refractivity contribution in [3.8, 4) is 22.5 Å². The zero-order chi connectivity index (χ0) is 13.2. The molecule has 19 heavy (non-hydrogen) atoms. The first kappa shape index (κ1) is 11.9. The molecule has 0 saturated carbocycles. The molecule has 0 aliphatic rings. The van der Waals surface area contributed by atoms with Gasteiger partial charge >= 0.3 is 0 Å². The monoisotopic (exact) mass is 274 g/mol. The van der Waals surface area contributed by atoms with Gasteiger partial charge in [-0.3, -0.25) is 0 Å². The summed E-state index contributed by atoms with van der Waals surface area (Å²) in [6.07, 6.45) is 3.21. The average Bonchev–Trinajstić information content (AvgIpc) is 2.89. The van der Waals surface area contributed by atoms with E-state index in [2.05, 4.69) is 10.1 Å². The molecule has 3 rings (SSSR count). The molecule has 0 N–H and O–H groups in total. The van der Waals surface area contributed by atoms with Crippen molar-refractivity contribution in [1.82, 2.24) is 10.1 Å². The van der Waals surface area contributed by atoms with E-state index in [1.807, 2.05) is 6.07 Å². The molecular weight excluding hydrogens is 267 g/mol. The molecule has 1 aromatic carbocycles. The van der Waals surface area contributed by atoms with Gasteiger partial charge in [-0.2, -0.15) is 0 Å². The molecule has 0 radical (unpaired) electrons. The molecule has 0 spiro atoms. The van der Waals surface area contributed by atoms with Gasteiger partial charge in [-0.15, -0.1) is 0 Å². The lowest BCUT2D eigenvalue weighted by molar-refractivity contribution is 0.432. The molecule has 3 aromatic rings. The predicted octanol–water partition coefficient (Wildman–Crippen LogP) is 4.20. The van der Waals surface area contributed by atoms with Crippen LogP contribution in [0.1, 0.15) is 0 Å². The maximum atomic E-state index is 12.9. The summed E-state index contributed by atoms with van der Waals surface area (Å²) in [5.41, 5.74) is 2.39. The zero-order valence-corrected chi connectivity index (χ0v) is 10.4. The Balaban J connectivity index is 2.10. The van der Waals surface area contributed by atoms with Crippen LogP contribution in [0.5, 0.6) is 0 Å². The highest BCUT2D eigenvalue weighted by Gasteiger charge is 2.13. The van der Waals surface area contributed by atoms with Gasteiger partial charge in [0, 0.05) is 17.3 Å². The quantitative estimate of drug-likeness (QED) is 0.658. The molecule has 3 nitrogen and oxygen atoms in total. The van der Waals surface area contributed by atoms with E-state index in [0.29, 0.717) is 10.9 Å². The van der Waals surface area contributed by atoms with Crippen molar-refractivity contribution in [3.05, 3.63) is 59.8 Å². The highest BCUT2D eigenvalue weighted by Crippen LogP contribution is 2.32. The summed E-state index contributed by atoms with van der Waals surface area (Å²) in [7, 11) is 0. The summed E-state index contributed by atoms with van der Waals surface area (Å²) in [6.45, 7) is 0. The SMILES string of the molecule is Fc1ccc(-c2oncc2-c2ccnc(Cl)c2)cc1. The van der Waals surface area contributed by atoms with Crippen molar-refractivity contribution in [2.75, 3.05) is 0 Å². The highest BCUT2D eigenvalue weighted by molar-refractivity contribution is 6.29. The minimum absolute atomic E-state index is 0.295. The first-order valence-corrected chi connectivity index (χ1v) is 5.94. The Morgan fingerprint density at radius 3 is 2.58 bits per heavy atom. The van der Waals surface area contributed by atoms with Gasteiger partial charge in [-0.05, 0) is 42.0 Å². The van der Waals surface area contributed by atoms with E-state index >= 15 is 0 Å². The topological polar surface area (TPSA) is 38.9 Å². The molecule has 2 heterocycles. The summed E-state index contributed by atoms with van der Waals surface area (Å²) in [5, 5.41) is 4.19. The molecule has 0 saturated heterocycles. The summed E-state index contributed by atoms with van der Waals surface area (Å²) < 4.78 is 18.2. The van der Waals surface area contributed by atoms with Crippen LogP contribution < -0.4 is 0 Å². The number of rotatable bonds is 2. The third-order valence-corrected chi connectivity index (χ3v) is 2.92. The smallest absolute Gasteiger partial charge is 0.174 e. The Morgan fingerprint density at radius 2 is 1.84 bits per heavy atom. The van der Waals surface area contributed by atoms with Crippen LogP contribution in [0.3, 0.4) is 0 Å². The molecular formula is C14H8ClFN2O. The van der Waals surface area contributed by atoms with E-state index in [-0.39, 0.29) is 5.82 Å². The maximum absolute atomic E-state index is 12.9. The van der Waals surface area contributed by atoms with Gasteiger partial charge in [-0.25, -0.2) is 9.37 Å². The number of benzene rings is 1. The maximum Gasteiger partial charge on any atom is 0.174 e. The van der Waals surface area contributed by atoms with Crippen LogP contribution in [0.15, 0.2) is 53.3 Å². The van der Waals surface area contributed by atoms with Gasteiger partial charge < -0.3 is 4.52 Å². The van der Waals surface area contributed by atoms with Gasteiger partial charge in [-0.1, -0.05) is 16.8 Å². The fraction of sp³-hybridized carbons (Fsp3) is 0. The minimum Gasteiger partial charge on any atom is -0.356 e. The summed E-state index contributed by atoms with van der Waals surface area (Å²) in [6, 6.07) is 9.57. The molecule has 0 unspecified atom stereocenters. The van der Waals surface area contributed by atoms with Crippen molar-refractivity contribution in [3.63, 3.8) is 0 Å². The van der Waals surface area contributed by atoms with E-state index in [0.717, 1.165) is 16.7 Å². The lowest BCUT2D eigenvalue weighted by atomic mass is 10.0. The molecule has 0 bridgehead atoms. The van der Waals surface area contributed by atoms with Crippen LogP contribution in [0.2, 0.25) is 5.15 Å². The highest BCUT2D eigenvalue weighted by atomic mass is 35.5. The molecule has 0 amide bonds. The fourth-order valence-electron chi connectivity index (χ4n) is 1.82. The first-order valence-electron chi connectivity index (χ1n) is 5.56. The number of hydrogen-bond donors (Lipinski definition) is 0. The molecule has 94 valence electrons. The Morgan fingerprint density at radius 1 is 1.05 bits per heavy atom. The van der Waals surface area contributed by atoms with E-state index in [1.54, 1.807) is 30.6 Å². The Hall–Kier alpha value is -2.20. The molecule has 5 heteroatoms.